The SMILES string of the molecule is CCCNC(=O)[C@@H]1CN([C@@H](C)C(=O)Nc2ccc(C(C)C)cc2)c2ccccc2O1. The van der Waals surface area contributed by atoms with E-state index in [9.17, 15) is 9.59 Å². The lowest BCUT2D eigenvalue weighted by molar-refractivity contribution is -0.128. The van der Waals surface area contributed by atoms with E-state index in [1.807, 2.05) is 67.3 Å². The number of carbonyl (C=O) groups is 2. The Morgan fingerprint density at radius 3 is 2.47 bits per heavy atom. The Morgan fingerprint density at radius 2 is 1.80 bits per heavy atom. The first kappa shape index (κ1) is 21.7. The highest BCUT2D eigenvalue weighted by Crippen LogP contribution is 2.34. The van der Waals surface area contributed by atoms with Gasteiger partial charge < -0.3 is 20.3 Å². The molecule has 2 atom stereocenters. The zero-order valence-electron chi connectivity index (χ0n) is 18.1. The Morgan fingerprint density at radius 1 is 1.10 bits per heavy atom. The highest BCUT2D eigenvalue weighted by atomic mass is 16.5. The van der Waals surface area contributed by atoms with Gasteiger partial charge in [0.15, 0.2) is 6.10 Å². The largest absolute Gasteiger partial charge is 0.477 e. The zero-order chi connectivity index (χ0) is 21.7. The fourth-order valence-electron chi connectivity index (χ4n) is 3.47. The van der Waals surface area contributed by atoms with Crippen molar-refractivity contribution < 1.29 is 14.3 Å². The smallest absolute Gasteiger partial charge is 0.262 e. The molecule has 0 saturated heterocycles. The van der Waals surface area contributed by atoms with E-state index in [4.69, 9.17) is 4.74 Å². The maximum absolute atomic E-state index is 13.0. The summed E-state index contributed by atoms with van der Waals surface area (Å²) in [5, 5.41) is 5.88. The third-order valence-electron chi connectivity index (χ3n) is 5.34. The second kappa shape index (κ2) is 9.65. The Balaban J connectivity index is 1.76. The number of amides is 2. The quantitative estimate of drug-likeness (QED) is 0.727. The van der Waals surface area contributed by atoms with Gasteiger partial charge in [0.1, 0.15) is 11.8 Å². The Labute approximate surface area is 178 Å². The van der Waals surface area contributed by atoms with Gasteiger partial charge in [0.2, 0.25) is 5.91 Å². The molecule has 0 saturated carbocycles. The number of carbonyl (C=O) groups excluding carboxylic acids is 2. The molecule has 0 unspecified atom stereocenters. The van der Waals surface area contributed by atoms with Crippen LogP contribution in [0.15, 0.2) is 48.5 Å². The van der Waals surface area contributed by atoms with Crippen molar-refractivity contribution in [3.8, 4) is 5.75 Å². The number of rotatable bonds is 7. The van der Waals surface area contributed by atoms with Crippen molar-refractivity contribution in [2.45, 2.75) is 52.2 Å². The van der Waals surface area contributed by atoms with Gasteiger partial charge in [-0.05, 0) is 49.1 Å². The molecule has 1 aliphatic heterocycles. The molecule has 6 heteroatoms. The molecule has 1 heterocycles. The van der Waals surface area contributed by atoms with Crippen molar-refractivity contribution in [2.75, 3.05) is 23.3 Å². The summed E-state index contributed by atoms with van der Waals surface area (Å²) in [6.07, 6.45) is 0.194. The fourth-order valence-corrected chi connectivity index (χ4v) is 3.47. The molecule has 0 aromatic heterocycles. The van der Waals surface area contributed by atoms with Gasteiger partial charge in [-0.15, -0.1) is 0 Å². The summed E-state index contributed by atoms with van der Waals surface area (Å²) in [7, 11) is 0. The summed E-state index contributed by atoms with van der Waals surface area (Å²) in [6, 6.07) is 15.0. The zero-order valence-corrected chi connectivity index (χ0v) is 18.1. The molecule has 2 aromatic rings. The van der Waals surface area contributed by atoms with Crippen LogP contribution in [0.3, 0.4) is 0 Å². The molecule has 0 spiro atoms. The number of hydrogen-bond donors (Lipinski definition) is 2. The fraction of sp³-hybridized carbons (Fsp3) is 0.417. The normalized spacial score (nSPS) is 16.4. The lowest BCUT2D eigenvalue weighted by Gasteiger charge is -2.38. The number of nitrogens with zero attached hydrogens (tertiary/aromatic N) is 1. The molecule has 2 amide bonds. The maximum Gasteiger partial charge on any atom is 0.262 e. The van der Waals surface area contributed by atoms with Gasteiger partial charge in [-0.1, -0.05) is 45.0 Å². The van der Waals surface area contributed by atoms with Gasteiger partial charge in [0, 0.05) is 12.2 Å². The van der Waals surface area contributed by atoms with Gasteiger partial charge in [0.05, 0.1) is 12.2 Å². The minimum absolute atomic E-state index is 0.128. The van der Waals surface area contributed by atoms with E-state index in [0.717, 1.165) is 17.8 Å². The second-order valence-corrected chi connectivity index (χ2v) is 7.96. The molecule has 0 aliphatic carbocycles. The summed E-state index contributed by atoms with van der Waals surface area (Å²) >= 11 is 0. The van der Waals surface area contributed by atoms with Crippen LogP contribution < -0.4 is 20.3 Å². The number of benzene rings is 2. The van der Waals surface area contributed by atoms with Crippen LogP contribution in [-0.4, -0.2) is 37.0 Å². The summed E-state index contributed by atoms with van der Waals surface area (Å²) in [5.41, 5.74) is 2.80. The molecule has 0 bridgehead atoms. The van der Waals surface area contributed by atoms with E-state index >= 15 is 0 Å². The predicted octanol–water partition coefficient (Wildman–Crippen LogP) is 3.93. The van der Waals surface area contributed by atoms with Crippen molar-refractivity contribution in [2.24, 2.45) is 0 Å². The predicted molar refractivity (Wildman–Crippen MR) is 120 cm³/mol. The van der Waals surface area contributed by atoms with Crippen LogP contribution in [0.25, 0.3) is 0 Å². The molecular formula is C24H31N3O3. The third-order valence-corrected chi connectivity index (χ3v) is 5.34. The van der Waals surface area contributed by atoms with Gasteiger partial charge in [-0.2, -0.15) is 0 Å². The first-order chi connectivity index (χ1) is 14.4. The van der Waals surface area contributed by atoms with E-state index in [1.165, 1.54) is 5.56 Å². The number of nitrogens with one attached hydrogen (secondary N) is 2. The van der Waals surface area contributed by atoms with E-state index < -0.39 is 12.1 Å². The monoisotopic (exact) mass is 409 g/mol. The first-order valence-electron chi connectivity index (χ1n) is 10.6. The van der Waals surface area contributed by atoms with Crippen molar-refractivity contribution in [1.82, 2.24) is 5.32 Å². The first-order valence-corrected chi connectivity index (χ1v) is 10.6. The summed E-state index contributed by atoms with van der Waals surface area (Å²) in [6.45, 7) is 9.04. The maximum atomic E-state index is 13.0. The average Bonchev–Trinajstić information content (AvgIpc) is 2.76. The molecule has 30 heavy (non-hydrogen) atoms. The Bertz CT molecular complexity index is 880. The Hall–Kier alpha value is -3.02. The number of ether oxygens (including phenoxy) is 1. The molecule has 3 rings (SSSR count). The molecule has 6 nitrogen and oxygen atoms in total. The van der Waals surface area contributed by atoms with Crippen molar-refractivity contribution in [1.29, 1.82) is 0 Å². The third kappa shape index (κ3) is 4.93. The van der Waals surface area contributed by atoms with Crippen LogP contribution in [0.4, 0.5) is 11.4 Å². The number of hydrogen-bond acceptors (Lipinski definition) is 4. The highest BCUT2D eigenvalue weighted by molar-refractivity contribution is 5.97. The van der Waals surface area contributed by atoms with Gasteiger partial charge in [0.25, 0.3) is 5.91 Å². The standard InChI is InChI=1S/C24H31N3O3/c1-5-14-25-24(29)22-15-27(20-8-6-7-9-21(20)30-22)17(4)23(28)26-19-12-10-18(11-13-19)16(2)3/h6-13,16-17,22H,5,14-15H2,1-4H3,(H,25,29)(H,26,28)/t17-,22-/m0/s1. The minimum atomic E-state index is -0.660. The highest BCUT2D eigenvalue weighted by Gasteiger charge is 2.34. The topological polar surface area (TPSA) is 70.7 Å². The summed E-state index contributed by atoms with van der Waals surface area (Å²) in [5.74, 6) is 0.764. The molecule has 1 aliphatic rings. The molecule has 2 aromatic carbocycles. The Kier molecular flexibility index (Phi) is 6.98. The molecule has 2 N–H and O–H groups in total. The van der Waals surface area contributed by atoms with Crippen molar-refractivity contribution >= 4 is 23.2 Å². The van der Waals surface area contributed by atoms with E-state index in [0.29, 0.717) is 24.8 Å². The molecular weight excluding hydrogens is 378 g/mol. The summed E-state index contributed by atoms with van der Waals surface area (Å²) in [4.78, 5) is 27.5. The van der Waals surface area contributed by atoms with E-state index in [1.54, 1.807) is 0 Å². The van der Waals surface area contributed by atoms with E-state index in [-0.39, 0.29) is 11.8 Å². The van der Waals surface area contributed by atoms with Crippen LogP contribution in [0.1, 0.15) is 45.6 Å². The molecule has 160 valence electrons. The van der Waals surface area contributed by atoms with Crippen LogP contribution in [0.2, 0.25) is 0 Å². The van der Waals surface area contributed by atoms with Crippen LogP contribution in [-0.2, 0) is 9.59 Å². The second-order valence-electron chi connectivity index (χ2n) is 7.96. The number of para-hydroxylation sites is 2. The lowest BCUT2D eigenvalue weighted by Crippen LogP contribution is -2.54. The number of anilines is 2. The van der Waals surface area contributed by atoms with Crippen LogP contribution >= 0.6 is 0 Å². The van der Waals surface area contributed by atoms with Crippen molar-refractivity contribution in [3.63, 3.8) is 0 Å². The van der Waals surface area contributed by atoms with Crippen LogP contribution in [0, 0.1) is 0 Å². The lowest BCUT2D eigenvalue weighted by atomic mass is 10.0. The number of fused-ring (bicyclic) bond motifs is 1. The van der Waals surface area contributed by atoms with Gasteiger partial charge in [-0.25, -0.2) is 0 Å². The molecule has 0 radical (unpaired) electrons. The van der Waals surface area contributed by atoms with Crippen LogP contribution in [0.5, 0.6) is 5.75 Å². The summed E-state index contributed by atoms with van der Waals surface area (Å²) < 4.78 is 5.92. The van der Waals surface area contributed by atoms with Crippen molar-refractivity contribution in [3.05, 3.63) is 54.1 Å². The van der Waals surface area contributed by atoms with Gasteiger partial charge in [-0.3, -0.25) is 9.59 Å². The average molecular weight is 410 g/mol. The van der Waals surface area contributed by atoms with E-state index in [2.05, 4.69) is 24.5 Å². The van der Waals surface area contributed by atoms with Gasteiger partial charge >= 0.3 is 0 Å². The molecule has 0 fully saturated rings. The minimum Gasteiger partial charge on any atom is -0.477 e.